The zero-order valence-electron chi connectivity index (χ0n) is 41.5. The van der Waals surface area contributed by atoms with Crippen LogP contribution in [-0.2, 0) is 53.8 Å². The molecular weight excluding hydrogens is 968 g/mol. The van der Waals surface area contributed by atoms with Gasteiger partial charge in [0.25, 0.3) is 5.92 Å². The average Bonchev–Trinajstić information content (AvgIpc) is 4.28. The van der Waals surface area contributed by atoms with Gasteiger partial charge < -0.3 is 19.7 Å². The first kappa shape index (κ1) is 57.0. The van der Waals surface area contributed by atoms with Crippen molar-refractivity contribution in [2.45, 2.75) is 135 Å². The van der Waals surface area contributed by atoms with Gasteiger partial charge in [0.15, 0.2) is 0 Å². The summed E-state index contributed by atoms with van der Waals surface area (Å²) in [6, 6.07) is 18.1. The van der Waals surface area contributed by atoms with Gasteiger partial charge in [0, 0.05) is 43.5 Å². The zero-order valence-corrected chi connectivity index (χ0v) is 41.5. The summed E-state index contributed by atoms with van der Waals surface area (Å²) in [5.74, 6) is -7.03. The molecule has 2 aliphatic carbocycles. The van der Waals surface area contributed by atoms with E-state index in [9.17, 15) is 35.9 Å². The highest BCUT2D eigenvalue weighted by Crippen LogP contribution is 2.48. The second-order valence-corrected chi connectivity index (χ2v) is 20.4. The summed E-state index contributed by atoms with van der Waals surface area (Å²) in [7, 11) is 0. The summed E-state index contributed by atoms with van der Waals surface area (Å²) in [5, 5.41) is 18.0. The number of likely N-dealkylation sites (tertiary alicyclic amines) is 2. The number of nitrogens with zero attached hydrogens (tertiary/aromatic N) is 2. The third-order valence-electron chi connectivity index (χ3n) is 13.5. The van der Waals surface area contributed by atoms with Crippen LogP contribution in [0.2, 0.25) is 0 Å². The molecule has 8 rings (SSSR count). The number of carboxylic acids is 2. The van der Waals surface area contributed by atoms with Crippen molar-refractivity contribution < 1.29 is 68.8 Å². The van der Waals surface area contributed by atoms with Crippen molar-refractivity contribution in [3.05, 3.63) is 129 Å². The highest BCUT2D eigenvalue weighted by atomic mass is 19.4. The van der Waals surface area contributed by atoms with Crippen molar-refractivity contribution in [1.29, 1.82) is 0 Å². The van der Waals surface area contributed by atoms with E-state index in [0.29, 0.717) is 94.1 Å². The standard InChI is InChI=1S/C50H55F9N2O6.2C3H6/c1-32(46(51)42-13-11-38(49(54,55)56)25-36(42)27-60-20-17-35(18-21-60)29-66-40-7-3-5-33(23-40)9-15-44(62)63)48(52,53)43-14-12-39(50(57,58)59)26-37(43)28-61-22-19-47(2,30-61)31-67-41-8-4-6-34(24-41)10-16-45(64)65;2*1-2-3-1/h3-8,11-14,23-26,32,35,46H,9-10,15-22,27-31H2,1-2H3,(H,62,63)(H,64,65);2*1-3H2. The second kappa shape index (κ2) is 25.3. The SMILES string of the molecule is C1CC1.C1CC1.CC(C(F)c1ccc(C(F)(F)F)cc1CN1CCC(COc2cccc(CCC(=O)O)c2)CC1)C(F)(F)c1ccc(C(F)(F)F)cc1CN1CCC(C)(COc2cccc(CCC(=O)O)c2)C1. The topological polar surface area (TPSA) is 99.5 Å². The van der Waals surface area contributed by atoms with E-state index in [1.807, 2.05) is 11.8 Å². The minimum absolute atomic E-state index is 0.0315. The van der Waals surface area contributed by atoms with Crippen LogP contribution < -0.4 is 9.47 Å². The summed E-state index contributed by atoms with van der Waals surface area (Å²) < 4.78 is 147. The van der Waals surface area contributed by atoms with E-state index in [1.165, 1.54) is 38.5 Å². The smallest absolute Gasteiger partial charge is 0.416 e. The van der Waals surface area contributed by atoms with Crippen LogP contribution in [-0.4, -0.2) is 71.3 Å². The van der Waals surface area contributed by atoms with Gasteiger partial charge in [-0.25, -0.2) is 13.2 Å². The number of carboxylic acid groups (broad SMARTS) is 2. The molecule has 0 amide bonds. The van der Waals surface area contributed by atoms with Gasteiger partial charge >= 0.3 is 24.3 Å². The summed E-state index contributed by atoms with van der Waals surface area (Å²) in [6.07, 6.45) is -1.02. The second-order valence-electron chi connectivity index (χ2n) is 20.4. The van der Waals surface area contributed by atoms with Crippen LogP contribution in [0.15, 0.2) is 84.9 Å². The summed E-state index contributed by atoms with van der Waals surface area (Å²) >= 11 is 0. The molecule has 2 saturated carbocycles. The van der Waals surface area contributed by atoms with Crippen LogP contribution in [0, 0.1) is 17.3 Å². The number of rotatable bonds is 20. The predicted octanol–water partition coefficient (Wildman–Crippen LogP) is 14.1. The molecule has 0 radical (unpaired) electrons. The lowest BCUT2D eigenvalue weighted by molar-refractivity contribution is -0.138. The molecule has 73 heavy (non-hydrogen) atoms. The number of alkyl halides is 9. The number of halogens is 9. The van der Waals surface area contributed by atoms with Crippen molar-refractivity contribution in [2.75, 3.05) is 39.4 Å². The highest BCUT2D eigenvalue weighted by molar-refractivity contribution is 5.67. The third-order valence-corrected chi connectivity index (χ3v) is 13.5. The molecule has 0 aromatic heterocycles. The summed E-state index contributed by atoms with van der Waals surface area (Å²) in [5.41, 5.74) is -2.91. The molecule has 3 atom stereocenters. The third kappa shape index (κ3) is 18.0. The number of piperidine rings is 1. The van der Waals surface area contributed by atoms with Gasteiger partial charge in [-0.3, -0.25) is 19.4 Å². The quantitative estimate of drug-likeness (QED) is 0.0845. The maximum Gasteiger partial charge on any atom is 0.416 e. The van der Waals surface area contributed by atoms with Crippen molar-refractivity contribution in [2.24, 2.45) is 17.3 Å². The number of aryl methyl sites for hydroxylation is 2. The molecule has 0 bridgehead atoms. The number of aliphatic carboxylic acids is 2. The van der Waals surface area contributed by atoms with Gasteiger partial charge in [0.05, 0.1) is 30.3 Å². The number of carbonyl (C=O) groups is 2. The Morgan fingerprint density at radius 1 is 0.671 bits per heavy atom. The Bertz CT molecular complexity index is 2420. The first-order valence-electron chi connectivity index (χ1n) is 25.2. The molecular formula is C56H67F9N2O6. The molecule has 4 fully saturated rings. The van der Waals surface area contributed by atoms with Gasteiger partial charge in [-0.05, 0) is 134 Å². The van der Waals surface area contributed by atoms with E-state index < -0.39 is 64.4 Å². The Morgan fingerprint density at radius 3 is 1.70 bits per heavy atom. The Kier molecular flexibility index (Phi) is 19.8. The maximum absolute atomic E-state index is 16.8. The fourth-order valence-electron chi connectivity index (χ4n) is 8.84. The van der Waals surface area contributed by atoms with Gasteiger partial charge in [-0.15, -0.1) is 0 Å². The Balaban J connectivity index is 0.00000135. The molecule has 2 aliphatic heterocycles. The maximum atomic E-state index is 16.8. The van der Waals surface area contributed by atoms with Crippen LogP contribution in [0.4, 0.5) is 39.5 Å². The normalized spacial score (nSPS) is 19.2. The van der Waals surface area contributed by atoms with Gasteiger partial charge in [0.1, 0.15) is 17.7 Å². The lowest BCUT2D eigenvalue weighted by Gasteiger charge is -2.34. The molecule has 4 aromatic rings. The van der Waals surface area contributed by atoms with E-state index in [-0.39, 0.29) is 61.7 Å². The average molecular weight is 1040 g/mol. The minimum atomic E-state index is -4.88. The van der Waals surface area contributed by atoms with Crippen LogP contribution in [0.1, 0.15) is 135 Å². The van der Waals surface area contributed by atoms with Crippen LogP contribution in [0.25, 0.3) is 0 Å². The lowest BCUT2D eigenvalue weighted by Crippen LogP contribution is -2.36. The Labute approximate surface area is 421 Å². The fraction of sp³-hybridized carbons (Fsp3) is 0.536. The molecule has 8 nitrogen and oxygen atoms in total. The zero-order chi connectivity index (χ0) is 53.0. The van der Waals surface area contributed by atoms with Crippen molar-refractivity contribution in [1.82, 2.24) is 9.80 Å². The van der Waals surface area contributed by atoms with E-state index in [0.717, 1.165) is 30.2 Å². The van der Waals surface area contributed by atoms with Crippen molar-refractivity contribution >= 4 is 11.9 Å². The number of benzene rings is 4. The van der Waals surface area contributed by atoms with Crippen molar-refractivity contribution in [3.8, 4) is 11.5 Å². The number of ether oxygens (including phenoxy) is 2. The largest absolute Gasteiger partial charge is 0.493 e. The van der Waals surface area contributed by atoms with E-state index in [1.54, 1.807) is 53.4 Å². The molecule has 0 spiro atoms. The first-order chi connectivity index (χ1) is 34.5. The predicted molar refractivity (Wildman–Crippen MR) is 259 cm³/mol. The van der Waals surface area contributed by atoms with Gasteiger partial charge in [-0.1, -0.05) is 88.8 Å². The van der Waals surface area contributed by atoms with Crippen LogP contribution >= 0.6 is 0 Å². The lowest BCUT2D eigenvalue weighted by atomic mass is 9.84. The number of hydrogen-bond acceptors (Lipinski definition) is 6. The van der Waals surface area contributed by atoms with Gasteiger partial charge in [0.2, 0.25) is 0 Å². The van der Waals surface area contributed by atoms with Crippen molar-refractivity contribution in [3.63, 3.8) is 0 Å². The molecule has 3 unspecified atom stereocenters. The molecule has 400 valence electrons. The fourth-order valence-corrected chi connectivity index (χ4v) is 8.84. The van der Waals surface area contributed by atoms with E-state index in [2.05, 4.69) is 0 Å². The minimum Gasteiger partial charge on any atom is -0.493 e. The van der Waals surface area contributed by atoms with Crippen LogP contribution in [0.3, 0.4) is 0 Å². The molecule has 17 heteroatoms. The van der Waals surface area contributed by atoms with E-state index >= 15 is 13.2 Å². The highest BCUT2D eigenvalue weighted by Gasteiger charge is 2.47. The monoisotopic (exact) mass is 1030 g/mol. The van der Waals surface area contributed by atoms with Crippen LogP contribution in [0.5, 0.6) is 11.5 Å². The summed E-state index contributed by atoms with van der Waals surface area (Å²) in [4.78, 5) is 25.5. The number of hydrogen-bond donors (Lipinski definition) is 2. The van der Waals surface area contributed by atoms with E-state index in [4.69, 9.17) is 19.7 Å². The molecule has 4 aliphatic rings. The Hall–Kier alpha value is -5.29. The first-order valence-corrected chi connectivity index (χ1v) is 25.2. The Morgan fingerprint density at radius 2 is 1.18 bits per heavy atom. The van der Waals surface area contributed by atoms with Gasteiger partial charge in [-0.2, -0.15) is 26.3 Å². The molecule has 2 heterocycles. The molecule has 4 aromatic carbocycles. The summed E-state index contributed by atoms with van der Waals surface area (Å²) in [6.45, 7) is 4.17. The molecule has 2 N–H and O–H groups in total. The molecule has 2 saturated heterocycles.